The van der Waals surface area contributed by atoms with E-state index in [0.29, 0.717) is 18.5 Å². The number of aliphatic carboxylic acids is 1. The van der Waals surface area contributed by atoms with Crippen molar-refractivity contribution in [3.8, 4) is 11.1 Å². The normalized spacial score (nSPS) is 11.0. The number of nitrogens with zero attached hydrogens (tertiary/aromatic N) is 1. The molecule has 184 valence electrons. The molecule has 3 aromatic rings. The average molecular weight is 503 g/mol. The molecule has 0 spiro atoms. The van der Waals surface area contributed by atoms with E-state index in [9.17, 15) is 23.9 Å². The third-order valence-electron chi connectivity index (χ3n) is 5.20. The molecule has 0 saturated heterocycles. The number of hydrogen-bond donors (Lipinski definition) is 4. The second-order valence-corrected chi connectivity index (χ2v) is 7.87. The maximum atomic E-state index is 13.1. The zero-order chi connectivity index (χ0) is 25.0. The number of pyridine rings is 1. The third kappa shape index (κ3) is 9.77. The fraction of sp³-hybridized carbons (Fsp3) is 0.231. The van der Waals surface area contributed by atoms with Gasteiger partial charge in [-0.15, -0.1) is 0 Å². The Bertz CT molecular complexity index is 1130. The number of hydrogen-bond acceptors (Lipinski definition) is 5. The number of carbonyl (C=O) groups excluding carboxylic acids is 2. The summed E-state index contributed by atoms with van der Waals surface area (Å²) in [7, 11) is 0. The van der Waals surface area contributed by atoms with Gasteiger partial charge in [0.05, 0.1) is 19.0 Å². The number of amides is 2. The van der Waals surface area contributed by atoms with Gasteiger partial charge < -0.3 is 21.1 Å². The van der Waals surface area contributed by atoms with Crippen LogP contribution in [0.1, 0.15) is 30.9 Å². The molecule has 1 atom stereocenters. The van der Waals surface area contributed by atoms with Crippen molar-refractivity contribution < 1.29 is 23.9 Å². The first-order valence-corrected chi connectivity index (χ1v) is 11.2. The Morgan fingerprint density at radius 2 is 1.58 bits per heavy atom. The predicted octanol–water partition coefficient (Wildman–Crippen LogP) is 2.88. The Labute approximate surface area is 231 Å². The summed E-state index contributed by atoms with van der Waals surface area (Å²) >= 11 is 0. The Balaban J connectivity index is 0.00000456. The first-order chi connectivity index (χ1) is 16.9. The number of nitrogens with one attached hydrogen (secondary N) is 3. The van der Waals surface area contributed by atoms with Crippen LogP contribution in [0.25, 0.3) is 11.1 Å². The molecule has 4 N–H and O–H groups in total. The molecule has 1 heterocycles. The van der Waals surface area contributed by atoms with E-state index < -0.39 is 17.9 Å². The number of carboxylic acid groups (broad SMARTS) is 1. The zero-order valence-corrected chi connectivity index (χ0v) is 19.0. The van der Waals surface area contributed by atoms with Gasteiger partial charge in [-0.3, -0.25) is 14.4 Å². The Hall–Kier alpha value is -3.27. The second kappa shape index (κ2) is 15.0. The summed E-state index contributed by atoms with van der Waals surface area (Å²) in [5.74, 6) is -1.44. The van der Waals surface area contributed by atoms with Gasteiger partial charge in [0.15, 0.2) is 0 Å². The molecular weight excluding hydrogens is 474 g/mol. The molecule has 2 amide bonds. The monoisotopic (exact) mass is 502 g/mol. The van der Waals surface area contributed by atoms with Gasteiger partial charge in [-0.05, 0) is 47.4 Å². The van der Waals surface area contributed by atoms with Crippen LogP contribution in [-0.2, 0) is 14.4 Å². The second-order valence-electron chi connectivity index (χ2n) is 7.87. The van der Waals surface area contributed by atoms with Crippen LogP contribution in [0.4, 0.5) is 10.2 Å². The summed E-state index contributed by atoms with van der Waals surface area (Å²) in [4.78, 5) is 39.9. The Kier molecular flexibility index (Phi) is 12.0. The van der Waals surface area contributed by atoms with E-state index in [1.807, 2.05) is 18.2 Å². The molecule has 1 unspecified atom stereocenters. The quantitative estimate of drug-likeness (QED) is 0.223. The van der Waals surface area contributed by atoms with E-state index >= 15 is 0 Å². The molecule has 0 aliphatic rings. The molecule has 10 heteroatoms. The van der Waals surface area contributed by atoms with Gasteiger partial charge in [0, 0.05) is 19.2 Å². The van der Waals surface area contributed by atoms with Crippen LogP contribution in [0.15, 0.2) is 72.9 Å². The van der Waals surface area contributed by atoms with Gasteiger partial charge >= 0.3 is 35.5 Å². The number of benzene rings is 2. The zero-order valence-electron chi connectivity index (χ0n) is 19.0. The van der Waals surface area contributed by atoms with E-state index in [1.54, 1.807) is 42.6 Å². The van der Waals surface area contributed by atoms with Gasteiger partial charge in [0.1, 0.15) is 11.6 Å². The number of aromatic nitrogens is 1. The van der Waals surface area contributed by atoms with Crippen molar-refractivity contribution in [2.75, 3.05) is 18.4 Å². The molecule has 8 nitrogen and oxygen atoms in total. The average Bonchev–Trinajstić information content (AvgIpc) is 2.86. The first-order valence-electron chi connectivity index (χ1n) is 11.2. The van der Waals surface area contributed by atoms with E-state index in [4.69, 9.17) is 0 Å². The van der Waals surface area contributed by atoms with Crippen LogP contribution in [0.5, 0.6) is 0 Å². The van der Waals surface area contributed by atoms with Crippen molar-refractivity contribution in [3.05, 3.63) is 84.3 Å². The van der Waals surface area contributed by atoms with Crippen molar-refractivity contribution in [2.45, 2.75) is 25.3 Å². The summed E-state index contributed by atoms with van der Waals surface area (Å²) in [5, 5.41) is 17.6. The van der Waals surface area contributed by atoms with Gasteiger partial charge in [-0.25, -0.2) is 9.37 Å². The molecule has 0 saturated carbocycles. The minimum atomic E-state index is -1.07. The molecule has 0 aliphatic carbocycles. The number of carbonyl (C=O) groups is 3. The van der Waals surface area contributed by atoms with E-state index in [1.165, 1.54) is 12.1 Å². The maximum absolute atomic E-state index is 13.1. The van der Waals surface area contributed by atoms with Crippen molar-refractivity contribution >= 4 is 53.2 Å². The fourth-order valence-electron chi connectivity index (χ4n) is 3.42. The molecular formula is C26H28FN4NaO4. The van der Waals surface area contributed by atoms with Crippen LogP contribution in [-0.4, -0.2) is 70.5 Å². The number of rotatable bonds is 12. The standard InChI is InChI=1S/C26H27FN4O4.Na.H/c27-21-12-10-19(11-13-21)18-6-8-20(9-7-18)22(16-26(34)35)31-25(33)17-30-24(32)5-3-15-29-23-4-1-2-14-28-23;;/h1-2,4,6-14,22H,3,5,15-17H2,(H,28,29)(H,30,32)(H,31,33)(H,34,35);;. The van der Waals surface area contributed by atoms with E-state index in [0.717, 1.165) is 16.9 Å². The number of carboxylic acids is 1. The van der Waals surface area contributed by atoms with Gasteiger partial charge in [-0.1, -0.05) is 42.5 Å². The van der Waals surface area contributed by atoms with Crippen molar-refractivity contribution in [2.24, 2.45) is 0 Å². The third-order valence-corrected chi connectivity index (χ3v) is 5.20. The Morgan fingerprint density at radius 1 is 0.917 bits per heavy atom. The minimum absolute atomic E-state index is 0. The molecule has 36 heavy (non-hydrogen) atoms. The first kappa shape index (κ1) is 29.0. The van der Waals surface area contributed by atoms with E-state index in [-0.39, 0.29) is 60.7 Å². The fourth-order valence-corrected chi connectivity index (χ4v) is 3.42. The molecule has 0 radical (unpaired) electrons. The summed E-state index contributed by atoms with van der Waals surface area (Å²) in [6.45, 7) is 0.307. The molecule has 1 aromatic heterocycles. The number of anilines is 1. The summed E-state index contributed by atoms with van der Waals surface area (Å²) in [6, 6.07) is 17.8. The topological polar surface area (TPSA) is 120 Å². The molecule has 0 bridgehead atoms. The van der Waals surface area contributed by atoms with Gasteiger partial charge in [-0.2, -0.15) is 0 Å². The summed E-state index contributed by atoms with van der Waals surface area (Å²) in [6.07, 6.45) is 2.16. The van der Waals surface area contributed by atoms with Crippen LogP contribution in [0.3, 0.4) is 0 Å². The Morgan fingerprint density at radius 3 is 2.19 bits per heavy atom. The molecule has 0 aliphatic heterocycles. The van der Waals surface area contributed by atoms with E-state index in [2.05, 4.69) is 20.9 Å². The van der Waals surface area contributed by atoms with Crippen LogP contribution in [0.2, 0.25) is 0 Å². The van der Waals surface area contributed by atoms with Crippen molar-refractivity contribution in [1.29, 1.82) is 0 Å². The molecule has 2 aromatic carbocycles. The summed E-state index contributed by atoms with van der Waals surface area (Å²) < 4.78 is 13.1. The van der Waals surface area contributed by atoms with Gasteiger partial charge in [0.2, 0.25) is 11.8 Å². The van der Waals surface area contributed by atoms with Crippen LogP contribution >= 0.6 is 0 Å². The van der Waals surface area contributed by atoms with Crippen molar-refractivity contribution in [3.63, 3.8) is 0 Å². The molecule has 3 rings (SSSR count). The number of halogens is 1. The van der Waals surface area contributed by atoms with Crippen molar-refractivity contribution in [1.82, 2.24) is 15.6 Å². The van der Waals surface area contributed by atoms with Crippen LogP contribution < -0.4 is 16.0 Å². The van der Waals surface area contributed by atoms with Gasteiger partial charge in [0.25, 0.3) is 0 Å². The SMILES string of the molecule is O=C(O)CC(NC(=O)CNC(=O)CCCNc1ccccn1)c1ccc(-c2ccc(F)cc2)cc1.[NaH]. The summed E-state index contributed by atoms with van der Waals surface area (Å²) in [5.41, 5.74) is 2.26. The van der Waals surface area contributed by atoms with Crippen LogP contribution in [0, 0.1) is 5.82 Å². The predicted molar refractivity (Wildman–Crippen MR) is 137 cm³/mol. The molecule has 0 fully saturated rings.